The summed E-state index contributed by atoms with van der Waals surface area (Å²) < 4.78 is 0. The molecule has 21 heavy (non-hydrogen) atoms. The van der Waals surface area contributed by atoms with Gasteiger partial charge >= 0.3 is 0 Å². The van der Waals surface area contributed by atoms with Gasteiger partial charge in [0.05, 0.1) is 15.6 Å². The summed E-state index contributed by atoms with van der Waals surface area (Å²) in [6, 6.07) is 5.05. The lowest BCUT2D eigenvalue weighted by atomic mass is 9.81. The molecule has 2 unspecified atom stereocenters. The van der Waals surface area contributed by atoms with E-state index in [4.69, 9.17) is 11.6 Å². The van der Waals surface area contributed by atoms with Crippen molar-refractivity contribution in [3.8, 4) is 0 Å². The summed E-state index contributed by atoms with van der Waals surface area (Å²) >= 11 is 6.15. The summed E-state index contributed by atoms with van der Waals surface area (Å²) in [6.07, 6.45) is 6.11. The largest absolute Gasteiger partial charge is 0.381 e. The van der Waals surface area contributed by atoms with Crippen molar-refractivity contribution >= 4 is 23.0 Å². The van der Waals surface area contributed by atoms with Crippen LogP contribution in [-0.2, 0) is 0 Å². The molecule has 1 fully saturated rings. The van der Waals surface area contributed by atoms with E-state index in [2.05, 4.69) is 19.2 Å². The van der Waals surface area contributed by atoms with Crippen molar-refractivity contribution in [2.45, 2.75) is 52.0 Å². The predicted molar refractivity (Wildman–Crippen MR) is 86.9 cm³/mol. The number of nitro benzene ring substituents is 1. The molecule has 0 spiro atoms. The van der Waals surface area contributed by atoms with Crippen LogP contribution in [0.1, 0.15) is 46.0 Å². The quantitative estimate of drug-likeness (QED) is 0.595. The Kier molecular flexibility index (Phi) is 5.45. The van der Waals surface area contributed by atoms with Crippen LogP contribution in [0.5, 0.6) is 0 Å². The molecule has 1 aliphatic carbocycles. The molecule has 0 heterocycles. The summed E-state index contributed by atoms with van der Waals surface area (Å²) in [7, 11) is 0. The number of anilines is 1. The van der Waals surface area contributed by atoms with Crippen LogP contribution in [0.2, 0.25) is 5.02 Å². The molecule has 0 aromatic heterocycles. The fraction of sp³-hybridized carbons (Fsp3) is 0.625. The minimum Gasteiger partial charge on any atom is -0.381 e. The molecule has 0 aliphatic heterocycles. The van der Waals surface area contributed by atoms with Gasteiger partial charge in [-0.2, -0.15) is 0 Å². The van der Waals surface area contributed by atoms with Crippen LogP contribution in [0, 0.1) is 22.0 Å². The zero-order valence-corrected chi connectivity index (χ0v) is 13.4. The monoisotopic (exact) mass is 310 g/mol. The van der Waals surface area contributed by atoms with Gasteiger partial charge in [-0.1, -0.05) is 38.3 Å². The second-order valence-electron chi connectivity index (χ2n) is 6.42. The van der Waals surface area contributed by atoms with E-state index in [0.717, 1.165) is 30.4 Å². The lowest BCUT2D eigenvalue weighted by Gasteiger charge is -2.31. The molecule has 1 aromatic carbocycles. The Morgan fingerprint density at radius 2 is 2.19 bits per heavy atom. The Morgan fingerprint density at radius 1 is 1.43 bits per heavy atom. The van der Waals surface area contributed by atoms with Crippen LogP contribution in [-0.4, -0.2) is 11.0 Å². The van der Waals surface area contributed by atoms with Gasteiger partial charge in [0.2, 0.25) is 0 Å². The minimum atomic E-state index is -0.422. The summed E-state index contributed by atoms with van der Waals surface area (Å²) in [4.78, 5) is 10.3. The lowest BCUT2D eigenvalue weighted by Crippen LogP contribution is -2.28. The number of benzene rings is 1. The third-order valence-corrected chi connectivity index (χ3v) is 4.42. The average Bonchev–Trinajstić information content (AvgIpc) is 2.40. The van der Waals surface area contributed by atoms with E-state index in [0.29, 0.717) is 11.1 Å². The van der Waals surface area contributed by atoms with Gasteiger partial charge in [0.25, 0.3) is 5.69 Å². The topological polar surface area (TPSA) is 55.2 Å². The van der Waals surface area contributed by atoms with E-state index >= 15 is 0 Å². The van der Waals surface area contributed by atoms with Crippen molar-refractivity contribution in [1.82, 2.24) is 0 Å². The summed E-state index contributed by atoms with van der Waals surface area (Å²) in [5, 5.41) is 14.6. The number of halogens is 1. The normalized spacial score (nSPS) is 22.3. The number of hydrogen-bond donors (Lipinski definition) is 1. The van der Waals surface area contributed by atoms with Crippen molar-refractivity contribution in [3.63, 3.8) is 0 Å². The molecule has 1 N–H and O–H groups in total. The first-order chi connectivity index (χ1) is 9.95. The summed E-state index contributed by atoms with van der Waals surface area (Å²) in [6.45, 7) is 4.54. The zero-order valence-electron chi connectivity index (χ0n) is 12.6. The molecule has 1 saturated carbocycles. The first-order valence-corrected chi connectivity index (χ1v) is 8.04. The highest BCUT2D eigenvalue weighted by molar-refractivity contribution is 6.33. The molecule has 2 atom stereocenters. The van der Waals surface area contributed by atoms with Gasteiger partial charge in [-0.15, -0.1) is 0 Å². The molecule has 5 heteroatoms. The first kappa shape index (κ1) is 16.1. The molecule has 1 aliphatic rings. The molecular formula is C16H23ClN2O2. The van der Waals surface area contributed by atoms with Gasteiger partial charge in [0.15, 0.2) is 0 Å². The summed E-state index contributed by atoms with van der Waals surface area (Å²) in [5.41, 5.74) is 0.837. The Hall–Kier alpha value is -1.29. The third-order valence-electron chi connectivity index (χ3n) is 4.11. The number of non-ortho nitro benzene ring substituents is 1. The first-order valence-electron chi connectivity index (χ1n) is 7.66. The van der Waals surface area contributed by atoms with E-state index in [1.807, 2.05) is 0 Å². The smallest absolute Gasteiger partial charge is 0.271 e. The van der Waals surface area contributed by atoms with Crippen LogP contribution in [0.4, 0.5) is 11.4 Å². The van der Waals surface area contributed by atoms with E-state index in [9.17, 15) is 10.1 Å². The molecule has 0 saturated heterocycles. The molecule has 1 aromatic rings. The molecular weight excluding hydrogens is 288 g/mol. The standard InChI is InChI=1S/C16H23ClN2O2/c1-11(2)8-12-4-3-5-13(9-12)18-16-7-6-14(19(20)21)10-15(16)17/h6-7,10-13,18H,3-5,8-9H2,1-2H3. The molecule has 4 nitrogen and oxygen atoms in total. The molecule has 2 rings (SSSR count). The molecule has 116 valence electrons. The number of nitrogens with zero attached hydrogens (tertiary/aromatic N) is 1. The highest BCUT2D eigenvalue weighted by Gasteiger charge is 2.23. The van der Waals surface area contributed by atoms with Crippen molar-refractivity contribution in [2.24, 2.45) is 11.8 Å². The fourth-order valence-corrected chi connectivity index (χ4v) is 3.49. The van der Waals surface area contributed by atoms with E-state index < -0.39 is 4.92 Å². The van der Waals surface area contributed by atoms with Crippen LogP contribution in [0.25, 0.3) is 0 Å². The van der Waals surface area contributed by atoms with E-state index in [1.165, 1.54) is 31.4 Å². The Labute approximate surface area is 131 Å². The van der Waals surface area contributed by atoms with Gasteiger partial charge in [0.1, 0.15) is 0 Å². The average molecular weight is 311 g/mol. The highest BCUT2D eigenvalue weighted by Crippen LogP contribution is 2.33. The number of nitro groups is 1. The van der Waals surface area contributed by atoms with E-state index in [1.54, 1.807) is 6.07 Å². The van der Waals surface area contributed by atoms with Gasteiger partial charge in [-0.3, -0.25) is 10.1 Å². The Bertz CT molecular complexity index is 505. The van der Waals surface area contributed by atoms with Crippen LogP contribution >= 0.6 is 11.6 Å². The van der Waals surface area contributed by atoms with Crippen LogP contribution < -0.4 is 5.32 Å². The predicted octanol–water partition coefficient (Wildman–Crippen LogP) is 5.27. The Balaban J connectivity index is 1.99. The molecule has 0 radical (unpaired) electrons. The molecule has 0 amide bonds. The second-order valence-corrected chi connectivity index (χ2v) is 6.83. The van der Waals surface area contributed by atoms with Crippen molar-refractivity contribution in [3.05, 3.63) is 33.3 Å². The lowest BCUT2D eigenvalue weighted by molar-refractivity contribution is -0.384. The van der Waals surface area contributed by atoms with Gasteiger partial charge in [-0.05, 0) is 37.2 Å². The second kappa shape index (κ2) is 7.12. The maximum Gasteiger partial charge on any atom is 0.271 e. The van der Waals surface area contributed by atoms with Crippen molar-refractivity contribution in [2.75, 3.05) is 5.32 Å². The SMILES string of the molecule is CC(C)CC1CCCC(Nc2ccc([N+](=O)[O-])cc2Cl)C1. The maximum absolute atomic E-state index is 10.7. The van der Waals surface area contributed by atoms with Crippen molar-refractivity contribution in [1.29, 1.82) is 0 Å². The van der Waals surface area contributed by atoms with E-state index in [-0.39, 0.29) is 5.69 Å². The Morgan fingerprint density at radius 3 is 2.81 bits per heavy atom. The maximum atomic E-state index is 10.7. The number of hydrogen-bond acceptors (Lipinski definition) is 3. The van der Waals surface area contributed by atoms with Crippen molar-refractivity contribution < 1.29 is 4.92 Å². The fourth-order valence-electron chi connectivity index (χ4n) is 3.26. The highest BCUT2D eigenvalue weighted by atomic mass is 35.5. The zero-order chi connectivity index (χ0) is 15.4. The number of rotatable bonds is 5. The van der Waals surface area contributed by atoms with Crippen LogP contribution in [0.15, 0.2) is 18.2 Å². The van der Waals surface area contributed by atoms with Crippen LogP contribution in [0.3, 0.4) is 0 Å². The van der Waals surface area contributed by atoms with Gasteiger partial charge in [0, 0.05) is 18.2 Å². The van der Waals surface area contributed by atoms with Gasteiger partial charge in [-0.25, -0.2) is 0 Å². The minimum absolute atomic E-state index is 0.0341. The molecule has 0 bridgehead atoms. The summed E-state index contributed by atoms with van der Waals surface area (Å²) in [5.74, 6) is 1.50. The van der Waals surface area contributed by atoms with Gasteiger partial charge < -0.3 is 5.32 Å². The third kappa shape index (κ3) is 4.60. The number of nitrogens with one attached hydrogen (secondary N) is 1.